The van der Waals surface area contributed by atoms with Crippen LogP contribution in [0.15, 0.2) is 29.2 Å². The van der Waals surface area contributed by atoms with Crippen molar-refractivity contribution in [3.05, 3.63) is 24.3 Å². The molecule has 1 unspecified atom stereocenters. The summed E-state index contributed by atoms with van der Waals surface area (Å²) in [6.45, 7) is -0.0337. The molecule has 0 aliphatic heterocycles. The predicted molar refractivity (Wildman–Crippen MR) is 66.1 cm³/mol. The Morgan fingerprint density at radius 3 is 2.72 bits per heavy atom. The quantitative estimate of drug-likeness (QED) is 0.730. The molecule has 1 aromatic carbocycles. The van der Waals surface area contributed by atoms with Gasteiger partial charge in [-0.1, -0.05) is 6.07 Å². The molecule has 102 valence electrons. The van der Waals surface area contributed by atoms with E-state index >= 15 is 0 Å². The maximum Gasteiger partial charge on any atom is 0.240 e. The zero-order chi connectivity index (χ0) is 13.6. The van der Waals surface area contributed by atoms with Crippen LogP contribution in [0.2, 0.25) is 0 Å². The number of hydrogen-bond donors (Lipinski definition) is 2. The molecule has 0 amide bonds. The topological polar surface area (TPSA) is 84.9 Å². The Morgan fingerprint density at radius 1 is 1.39 bits per heavy atom. The minimum atomic E-state index is -3.65. The molecule has 1 rings (SSSR count). The van der Waals surface area contributed by atoms with Crippen LogP contribution in [0, 0.1) is 0 Å². The lowest BCUT2D eigenvalue weighted by molar-refractivity contribution is 0.0679. The Kier molecular flexibility index (Phi) is 5.54. The highest BCUT2D eigenvalue weighted by molar-refractivity contribution is 7.89. The summed E-state index contributed by atoms with van der Waals surface area (Å²) in [5.74, 6) is 0.454. The standard InChI is InChI=1S/C11H17NO5S/c1-16-8-9(13)7-12-18(14,15)11-5-3-4-10(6-11)17-2/h3-6,9,12-13H,7-8H2,1-2H3. The van der Waals surface area contributed by atoms with Gasteiger partial charge in [0.15, 0.2) is 0 Å². The molecule has 0 fully saturated rings. The van der Waals surface area contributed by atoms with E-state index < -0.39 is 16.1 Å². The molecule has 0 radical (unpaired) electrons. The van der Waals surface area contributed by atoms with Gasteiger partial charge in [-0.2, -0.15) is 0 Å². The molecule has 0 heterocycles. The molecule has 1 atom stereocenters. The van der Waals surface area contributed by atoms with Crippen molar-refractivity contribution in [2.75, 3.05) is 27.4 Å². The largest absolute Gasteiger partial charge is 0.497 e. The van der Waals surface area contributed by atoms with Crippen LogP contribution in [0.1, 0.15) is 0 Å². The highest BCUT2D eigenvalue weighted by Crippen LogP contribution is 2.16. The Bertz CT molecular complexity index is 474. The van der Waals surface area contributed by atoms with Gasteiger partial charge in [-0.15, -0.1) is 0 Å². The number of rotatable bonds is 7. The van der Waals surface area contributed by atoms with Gasteiger partial charge in [0.2, 0.25) is 10.0 Å². The van der Waals surface area contributed by atoms with Crippen molar-refractivity contribution in [3.63, 3.8) is 0 Å². The molecule has 0 bridgehead atoms. The first kappa shape index (κ1) is 14.9. The summed E-state index contributed by atoms with van der Waals surface area (Å²) in [6, 6.07) is 6.09. The fourth-order valence-corrected chi connectivity index (χ4v) is 2.42. The van der Waals surface area contributed by atoms with Gasteiger partial charge in [0.1, 0.15) is 5.75 Å². The maximum absolute atomic E-state index is 11.9. The fraction of sp³-hybridized carbons (Fsp3) is 0.455. The summed E-state index contributed by atoms with van der Waals surface area (Å²) in [7, 11) is -0.762. The van der Waals surface area contributed by atoms with Crippen molar-refractivity contribution in [1.82, 2.24) is 4.72 Å². The van der Waals surface area contributed by atoms with Gasteiger partial charge < -0.3 is 14.6 Å². The second-order valence-electron chi connectivity index (χ2n) is 3.64. The average Bonchev–Trinajstić information content (AvgIpc) is 2.37. The minimum Gasteiger partial charge on any atom is -0.497 e. The van der Waals surface area contributed by atoms with E-state index in [1.54, 1.807) is 12.1 Å². The van der Waals surface area contributed by atoms with E-state index in [1.165, 1.54) is 26.4 Å². The van der Waals surface area contributed by atoms with Gasteiger partial charge in [-0.05, 0) is 12.1 Å². The van der Waals surface area contributed by atoms with E-state index in [1.807, 2.05) is 0 Å². The molecule has 0 saturated carbocycles. The number of ether oxygens (including phenoxy) is 2. The Hall–Kier alpha value is -1.15. The van der Waals surface area contributed by atoms with E-state index in [0.29, 0.717) is 5.75 Å². The average molecular weight is 275 g/mol. The van der Waals surface area contributed by atoms with E-state index in [9.17, 15) is 13.5 Å². The monoisotopic (exact) mass is 275 g/mol. The number of benzene rings is 1. The molecule has 7 heteroatoms. The lowest BCUT2D eigenvalue weighted by Crippen LogP contribution is -2.34. The van der Waals surface area contributed by atoms with Crippen molar-refractivity contribution in [2.24, 2.45) is 0 Å². The van der Waals surface area contributed by atoms with Crippen LogP contribution in [-0.2, 0) is 14.8 Å². The van der Waals surface area contributed by atoms with Gasteiger partial charge in [0.25, 0.3) is 0 Å². The lowest BCUT2D eigenvalue weighted by Gasteiger charge is -2.11. The third-order valence-corrected chi connectivity index (χ3v) is 3.64. The van der Waals surface area contributed by atoms with E-state index in [0.717, 1.165) is 0 Å². The van der Waals surface area contributed by atoms with Crippen LogP contribution >= 0.6 is 0 Å². The highest BCUT2D eigenvalue weighted by Gasteiger charge is 2.16. The van der Waals surface area contributed by atoms with Gasteiger partial charge in [0.05, 0.1) is 24.7 Å². The molecular weight excluding hydrogens is 258 g/mol. The number of hydrogen-bond acceptors (Lipinski definition) is 5. The SMILES string of the molecule is COCC(O)CNS(=O)(=O)c1cccc(OC)c1. The molecule has 0 aromatic heterocycles. The van der Waals surface area contributed by atoms with E-state index in [-0.39, 0.29) is 18.0 Å². The number of sulfonamides is 1. The molecule has 2 N–H and O–H groups in total. The third kappa shape index (κ3) is 4.26. The van der Waals surface area contributed by atoms with Crippen molar-refractivity contribution >= 4 is 10.0 Å². The zero-order valence-electron chi connectivity index (χ0n) is 10.3. The van der Waals surface area contributed by atoms with Gasteiger partial charge in [-0.25, -0.2) is 13.1 Å². The van der Waals surface area contributed by atoms with Crippen molar-refractivity contribution in [1.29, 1.82) is 0 Å². The van der Waals surface area contributed by atoms with Crippen LogP contribution < -0.4 is 9.46 Å². The Balaban J connectivity index is 2.73. The van der Waals surface area contributed by atoms with Crippen molar-refractivity contribution in [2.45, 2.75) is 11.0 Å². The fourth-order valence-electron chi connectivity index (χ4n) is 1.31. The Morgan fingerprint density at radius 2 is 2.11 bits per heavy atom. The normalized spacial score (nSPS) is 13.3. The third-order valence-electron chi connectivity index (χ3n) is 2.22. The molecule has 18 heavy (non-hydrogen) atoms. The Labute approximate surface area is 107 Å². The molecule has 0 spiro atoms. The van der Waals surface area contributed by atoms with Gasteiger partial charge in [0, 0.05) is 19.7 Å². The molecule has 6 nitrogen and oxygen atoms in total. The highest BCUT2D eigenvalue weighted by atomic mass is 32.2. The molecule has 0 aliphatic carbocycles. The predicted octanol–water partition coefficient (Wildman–Crippen LogP) is -0.0192. The summed E-state index contributed by atoms with van der Waals surface area (Å²) in [6.07, 6.45) is -0.879. The lowest BCUT2D eigenvalue weighted by atomic mass is 10.3. The summed E-state index contributed by atoms with van der Waals surface area (Å²) >= 11 is 0. The summed E-state index contributed by atoms with van der Waals surface area (Å²) < 4.78 is 35.7. The van der Waals surface area contributed by atoms with Gasteiger partial charge >= 0.3 is 0 Å². The first-order valence-electron chi connectivity index (χ1n) is 5.30. The molecule has 0 saturated heterocycles. The molecule has 1 aromatic rings. The summed E-state index contributed by atoms with van der Waals surface area (Å²) in [5, 5.41) is 9.38. The first-order valence-corrected chi connectivity index (χ1v) is 6.78. The first-order chi connectivity index (χ1) is 8.49. The molecule has 0 aliphatic rings. The second-order valence-corrected chi connectivity index (χ2v) is 5.41. The van der Waals surface area contributed by atoms with E-state index in [2.05, 4.69) is 4.72 Å². The number of methoxy groups -OCH3 is 2. The number of nitrogens with one attached hydrogen (secondary N) is 1. The van der Waals surface area contributed by atoms with Crippen LogP contribution in [0.25, 0.3) is 0 Å². The van der Waals surface area contributed by atoms with Crippen molar-refractivity contribution < 1.29 is 23.0 Å². The smallest absolute Gasteiger partial charge is 0.240 e. The van der Waals surface area contributed by atoms with Crippen LogP contribution in [0.4, 0.5) is 0 Å². The summed E-state index contributed by atoms with van der Waals surface area (Å²) in [5.41, 5.74) is 0. The second kappa shape index (κ2) is 6.69. The van der Waals surface area contributed by atoms with E-state index in [4.69, 9.17) is 9.47 Å². The van der Waals surface area contributed by atoms with Crippen LogP contribution in [0.5, 0.6) is 5.75 Å². The summed E-state index contributed by atoms with van der Waals surface area (Å²) in [4.78, 5) is 0.0893. The molecular formula is C11H17NO5S. The van der Waals surface area contributed by atoms with Gasteiger partial charge in [-0.3, -0.25) is 0 Å². The number of aliphatic hydroxyl groups is 1. The maximum atomic E-state index is 11.9. The number of aliphatic hydroxyl groups excluding tert-OH is 1. The zero-order valence-corrected chi connectivity index (χ0v) is 11.1. The minimum absolute atomic E-state index is 0.0701. The van der Waals surface area contributed by atoms with Crippen LogP contribution in [-0.4, -0.2) is 47.0 Å². The van der Waals surface area contributed by atoms with Crippen LogP contribution in [0.3, 0.4) is 0 Å². The van der Waals surface area contributed by atoms with Crippen molar-refractivity contribution in [3.8, 4) is 5.75 Å².